The Morgan fingerprint density at radius 3 is 2.53 bits per heavy atom. The average Bonchev–Trinajstić information content (AvgIpc) is 2.97. The summed E-state index contributed by atoms with van der Waals surface area (Å²) in [6.45, 7) is 2.72. The standard InChI is InChI=1S/C12H16ClNO/c1-8-5-9(12(7-14)3-4-12)6-10(13)11(8)15-2/h5-6H,3-4,7,14H2,1-2H3. The second kappa shape index (κ2) is 3.69. The first kappa shape index (κ1) is 10.8. The van der Waals surface area contributed by atoms with Crippen molar-refractivity contribution in [2.75, 3.05) is 13.7 Å². The largest absolute Gasteiger partial charge is 0.495 e. The predicted octanol–water partition coefficient (Wildman–Crippen LogP) is 2.65. The summed E-state index contributed by atoms with van der Waals surface area (Å²) in [5, 5.41) is 0.687. The number of halogens is 1. The van der Waals surface area contributed by atoms with Gasteiger partial charge in [0.2, 0.25) is 0 Å². The minimum absolute atomic E-state index is 0.195. The van der Waals surface area contributed by atoms with E-state index in [1.165, 1.54) is 18.4 Å². The number of rotatable bonds is 3. The van der Waals surface area contributed by atoms with Gasteiger partial charge in [-0.3, -0.25) is 0 Å². The Labute approximate surface area is 95.4 Å². The molecule has 0 aliphatic heterocycles. The van der Waals surface area contributed by atoms with Gasteiger partial charge >= 0.3 is 0 Å². The SMILES string of the molecule is COc1c(C)cc(C2(CN)CC2)cc1Cl. The van der Waals surface area contributed by atoms with E-state index in [2.05, 4.69) is 6.07 Å². The Kier molecular flexibility index (Phi) is 2.65. The lowest BCUT2D eigenvalue weighted by molar-refractivity contribution is 0.411. The van der Waals surface area contributed by atoms with Crippen molar-refractivity contribution in [1.29, 1.82) is 0 Å². The molecule has 0 amide bonds. The molecule has 1 fully saturated rings. The van der Waals surface area contributed by atoms with Gasteiger partial charge in [0.25, 0.3) is 0 Å². The fourth-order valence-corrected chi connectivity index (χ4v) is 2.40. The summed E-state index contributed by atoms with van der Waals surface area (Å²) in [6.07, 6.45) is 2.34. The molecule has 1 aromatic rings. The molecule has 0 unspecified atom stereocenters. The summed E-state index contributed by atoms with van der Waals surface area (Å²) in [5.41, 5.74) is 8.33. The fourth-order valence-electron chi connectivity index (χ4n) is 2.06. The van der Waals surface area contributed by atoms with E-state index in [1.807, 2.05) is 13.0 Å². The highest BCUT2D eigenvalue weighted by molar-refractivity contribution is 6.32. The molecule has 3 heteroatoms. The molecule has 1 aliphatic carbocycles. The van der Waals surface area contributed by atoms with Crippen LogP contribution in [0.15, 0.2) is 12.1 Å². The van der Waals surface area contributed by atoms with Gasteiger partial charge in [0.15, 0.2) is 0 Å². The Hall–Kier alpha value is -0.730. The predicted molar refractivity (Wildman–Crippen MR) is 62.7 cm³/mol. The number of aryl methyl sites for hydroxylation is 1. The van der Waals surface area contributed by atoms with Crippen LogP contribution < -0.4 is 10.5 Å². The zero-order chi connectivity index (χ0) is 11.1. The van der Waals surface area contributed by atoms with Crippen LogP contribution in [0.2, 0.25) is 5.02 Å². The van der Waals surface area contributed by atoms with Crippen LogP contribution in [0.25, 0.3) is 0 Å². The molecule has 2 rings (SSSR count). The number of ether oxygens (including phenoxy) is 1. The lowest BCUT2D eigenvalue weighted by Gasteiger charge is -2.16. The quantitative estimate of drug-likeness (QED) is 0.859. The zero-order valence-electron chi connectivity index (χ0n) is 9.14. The number of benzene rings is 1. The molecule has 1 aliphatic rings. The van der Waals surface area contributed by atoms with E-state index in [-0.39, 0.29) is 5.41 Å². The van der Waals surface area contributed by atoms with Gasteiger partial charge in [0, 0.05) is 12.0 Å². The monoisotopic (exact) mass is 225 g/mol. The second-order valence-electron chi connectivity index (χ2n) is 4.29. The molecule has 2 N–H and O–H groups in total. The highest BCUT2D eigenvalue weighted by atomic mass is 35.5. The maximum absolute atomic E-state index is 6.16. The summed E-state index contributed by atoms with van der Waals surface area (Å²) in [6, 6.07) is 4.14. The molecule has 1 saturated carbocycles. The van der Waals surface area contributed by atoms with Gasteiger partial charge < -0.3 is 10.5 Å². The van der Waals surface area contributed by atoms with Crippen LogP contribution >= 0.6 is 11.6 Å². The van der Waals surface area contributed by atoms with E-state index in [1.54, 1.807) is 7.11 Å². The lowest BCUT2D eigenvalue weighted by Crippen LogP contribution is -2.19. The van der Waals surface area contributed by atoms with Crippen molar-refractivity contribution in [2.45, 2.75) is 25.2 Å². The van der Waals surface area contributed by atoms with Crippen LogP contribution in [-0.2, 0) is 5.41 Å². The topological polar surface area (TPSA) is 35.2 Å². The van der Waals surface area contributed by atoms with Crippen molar-refractivity contribution in [3.63, 3.8) is 0 Å². The summed E-state index contributed by atoms with van der Waals surface area (Å²) in [5.74, 6) is 0.772. The summed E-state index contributed by atoms with van der Waals surface area (Å²) in [7, 11) is 1.64. The minimum Gasteiger partial charge on any atom is -0.495 e. The van der Waals surface area contributed by atoms with Crippen molar-refractivity contribution >= 4 is 11.6 Å². The van der Waals surface area contributed by atoms with E-state index in [0.717, 1.165) is 11.3 Å². The third-order valence-electron chi connectivity index (χ3n) is 3.29. The molecule has 0 heterocycles. The molecule has 0 radical (unpaired) electrons. The van der Waals surface area contributed by atoms with Gasteiger partial charge in [-0.15, -0.1) is 0 Å². The molecular weight excluding hydrogens is 210 g/mol. The highest BCUT2D eigenvalue weighted by Gasteiger charge is 2.43. The molecule has 0 spiro atoms. The first-order valence-electron chi connectivity index (χ1n) is 5.17. The van der Waals surface area contributed by atoms with Crippen LogP contribution in [0.4, 0.5) is 0 Å². The van der Waals surface area contributed by atoms with E-state index in [4.69, 9.17) is 22.1 Å². The maximum atomic E-state index is 6.16. The van der Waals surface area contributed by atoms with Crippen LogP contribution in [0.5, 0.6) is 5.75 Å². The minimum atomic E-state index is 0.195. The number of nitrogens with two attached hydrogens (primary N) is 1. The normalized spacial score (nSPS) is 17.6. The van der Waals surface area contributed by atoms with Crippen LogP contribution in [0.3, 0.4) is 0 Å². The molecular formula is C12H16ClNO. The molecule has 0 saturated heterocycles. The van der Waals surface area contributed by atoms with E-state index in [9.17, 15) is 0 Å². The maximum Gasteiger partial charge on any atom is 0.140 e. The van der Waals surface area contributed by atoms with Crippen LogP contribution in [-0.4, -0.2) is 13.7 Å². The van der Waals surface area contributed by atoms with Crippen LogP contribution in [0, 0.1) is 6.92 Å². The van der Waals surface area contributed by atoms with Crippen LogP contribution in [0.1, 0.15) is 24.0 Å². The molecule has 15 heavy (non-hydrogen) atoms. The van der Waals surface area contributed by atoms with Gasteiger partial charge in [-0.05, 0) is 37.0 Å². The van der Waals surface area contributed by atoms with Gasteiger partial charge in [0.1, 0.15) is 5.75 Å². The highest BCUT2D eigenvalue weighted by Crippen LogP contribution is 2.49. The van der Waals surface area contributed by atoms with Crippen molar-refractivity contribution in [3.8, 4) is 5.75 Å². The lowest BCUT2D eigenvalue weighted by atomic mass is 9.94. The Morgan fingerprint density at radius 2 is 2.13 bits per heavy atom. The summed E-state index contributed by atoms with van der Waals surface area (Å²) < 4.78 is 5.23. The van der Waals surface area contributed by atoms with E-state index < -0.39 is 0 Å². The molecule has 0 atom stereocenters. The van der Waals surface area contributed by atoms with Crippen molar-refractivity contribution in [1.82, 2.24) is 0 Å². The summed E-state index contributed by atoms with van der Waals surface area (Å²) in [4.78, 5) is 0. The molecule has 1 aromatic carbocycles. The first-order chi connectivity index (χ1) is 7.13. The van der Waals surface area contributed by atoms with Gasteiger partial charge in [0.05, 0.1) is 12.1 Å². The first-order valence-corrected chi connectivity index (χ1v) is 5.55. The Bertz CT molecular complexity index is 362. The molecule has 0 bridgehead atoms. The Balaban J connectivity index is 2.44. The Morgan fingerprint density at radius 1 is 1.47 bits per heavy atom. The van der Waals surface area contributed by atoms with Gasteiger partial charge in [-0.25, -0.2) is 0 Å². The van der Waals surface area contributed by atoms with Crippen molar-refractivity contribution in [3.05, 3.63) is 28.3 Å². The smallest absolute Gasteiger partial charge is 0.140 e. The fraction of sp³-hybridized carbons (Fsp3) is 0.500. The van der Waals surface area contributed by atoms with Gasteiger partial charge in [-0.1, -0.05) is 17.7 Å². The summed E-state index contributed by atoms with van der Waals surface area (Å²) >= 11 is 6.16. The zero-order valence-corrected chi connectivity index (χ0v) is 9.90. The third-order valence-corrected chi connectivity index (χ3v) is 3.57. The number of hydrogen-bond acceptors (Lipinski definition) is 2. The van der Waals surface area contributed by atoms with Crippen molar-refractivity contribution in [2.24, 2.45) is 5.73 Å². The van der Waals surface area contributed by atoms with Crippen molar-refractivity contribution < 1.29 is 4.74 Å². The van der Waals surface area contributed by atoms with E-state index >= 15 is 0 Å². The molecule has 82 valence electrons. The van der Waals surface area contributed by atoms with Gasteiger partial charge in [-0.2, -0.15) is 0 Å². The second-order valence-corrected chi connectivity index (χ2v) is 4.70. The van der Waals surface area contributed by atoms with E-state index in [0.29, 0.717) is 11.6 Å². The number of methoxy groups -OCH3 is 1. The molecule has 2 nitrogen and oxygen atoms in total. The third kappa shape index (κ3) is 1.72. The number of hydrogen-bond donors (Lipinski definition) is 1. The molecule has 0 aromatic heterocycles. The average molecular weight is 226 g/mol.